The molecular formula is C20H22ClN3O3. The van der Waals surface area contributed by atoms with Crippen molar-refractivity contribution in [1.82, 2.24) is 15.0 Å². The number of hydrogen-bond donors (Lipinski definition) is 1. The minimum atomic E-state index is -0.373. The van der Waals surface area contributed by atoms with Crippen molar-refractivity contribution in [2.75, 3.05) is 0 Å². The first kappa shape index (κ1) is 19.2. The van der Waals surface area contributed by atoms with Gasteiger partial charge in [0.15, 0.2) is 0 Å². The summed E-state index contributed by atoms with van der Waals surface area (Å²) in [5, 5.41) is 20.2. The van der Waals surface area contributed by atoms with Crippen molar-refractivity contribution in [3.05, 3.63) is 40.9 Å². The molecule has 0 aliphatic heterocycles. The lowest BCUT2D eigenvalue weighted by Crippen LogP contribution is -2.15. The van der Waals surface area contributed by atoms with Crippen LogP contribution in [0.5, 0.6) is 11.5 Å². The molecule has 27 heavy (non-hydrogen) atoms. The highest BCUT2D eigenvalue weighted by atomic mass is 35.5. The predicted molar refractivity (Wildman–Crippen MR) is 105 cm³/mol. The molecule has 6 nitrogen and oxygen atoms in total. The maximum atomic E-state index is 11.9. The second-order valence-electron chi connectivity index (χ2n) is 7.44. The summed E-state index contributed by atoms with van der Waals surface area (Å²) < 4.78 is 5.46. The van der Waals surface area contributed by atoms with E-state index in [4.69, 9.17) is 16.3 Å². The van der Waals surface area contributed by atoms with E-state index in [0.717, 1.165) is 0 Å². The van der Waals surface area contributed by atoms with Crippen LogP contribution < -0.4 is 4.74 Å². The smallest absolute Gasteiger partial charge is 0.311 e. The lowest BCUT2D eigenvalue weighted by atomic mass is 9.86. The number of nitrogens with zero attached hydrogens (tertiary/aromatic N) is 3. The average molecular weight is 388 g/mol. The number of halogens is 1. The number of carbonyl (C=O) groups excluding carboxylic acids is 1. The van der Waals surface area contributed by atoms with Crippen molar-refractivity contribution in [2.24, 2.45) is 0 Å². The van der Waals surface area contributed by atoms with Crippen molar-refractivity contribution in [3.8, 4) is 17.2 Å². The van der Waals surface area contributed by atoms with Gasteiger partial charge in [-0.25, -0.2) is 0 Å². The van der Waals surface area contributed by atoms with Crippen molar-refractivity contribution in [2.45, 2.75) is 46.0 Å². The largest absolute Gasteiger partial charge is 0.505 e. The van der Waals surface area contributed by atoms with Crippen LogP contribution in [-0.4, -0.2) is 26.1 Å². The first-order valence-electron chi connectivity index (χ1n) is 8.80. The zero-order chi connectivity index (χ0) is 19.8. The molecule has 0 unspecified atom stereocenters. The van der Waals surface area contributed by atoms with Crippen LogP contribution in [0.3, 0.4) is 0 Å². The quantitative estimate of drug-likeness (QED) is 0.514. The van der Waals surface area contributed by atoms with Crippen LogP contribution in [-0.2, 0) is 10.2 Å². The number of carbonyl (C=O) groups is 1. The van der Waals surface area contributed by atoms with Crippen LogP contribution in [0.4, 0.5) is 0 Å². The van der Waals surface area contributed by atoms with Gasteiger partial charge in [-0.1, -0.05) is 39.3 Å². The fourth-order valence-corrected chi connectivity index (χ4v) is 2.92. The van der Waals surface area contributed by atoms with E-state index in [1.54, 1.807) is 30.3 Å². The van der Waals surface area contributed by atoms with Crippen LogP contribution >= 0.6 is 11.6 Å². The van der Waals surface area contributed by atoms with Gasteiger partial charge in [-0.05, 0) is 36.1 Å². The number of aromatic hydroxyl groups is 1. The first-order chi connectivity index (χ1) is 12.7. The number of benzene rings is 2. The van der Waals surface area contributed by atoms with Gasteiger partial charge in [0.05, 0.1) is 0 Å². The van der Waals surface area contributed by atoms with Crippen molar-refractivity contribution in [3.63, 3.8) is 0 Å². The number of esters is 1. The van der Waals surface area contributed by atoms with Gasteiger partial charge in [0.2, 0.25) is 0 Å². The van der Waals surface area contributed by atoms with E-state index in [1.165, 1.54) is 4.80 Å². The molecule has 0 atom stereocenters. The molecular weight excluding hydrogens is 366 g/mol. The van der Waals surface area contributed by atoms with Crippen LogP contribution in [0.2, 0.25) is 5.02 Å². The summed E-state index contributed by atoms with van der Waals surface area (Å²) in [6, 6.07) is 8.44. The minimum absolute atomic E-state index is 0.0455. The number of ether oxygens (including phenoxy) is 1. The van der Waals surface area contributed by atoms with Gasteiger partial charge in [0.25, 0.3) is 0 Å². The minimum Gasteiger partial charge on any atom is -0.505 e. The standard InChI is InChI=1S/C20H22ClN3O3/c1-5-6-18(25)27-13-10-14(20(2,3)4)19(26)17(11-13)24-22-15-8-7-12(21)9-16(15)23-24/h7-11,26H,5-6H2,1-4H3. The first-order valence-corrected chi connectivity index (χ1v) is 9.18. The molecule has 1 N–H and O–H groups in total. The Balaban J connectivity index is 2.15. The third kappa shape index (κ3) is 4.06. The number of rotatable bonds is 4. The van der Waals surface area contributed by atoms with Gasteiger partial charge in [-0.3, -0.25) is 4.79 Å². The van der Waals surface area contributed by atoms with E-state index in [-0.39, 0.29) is 17.1 Å². The molecule has 0 saturated carbocycles. The highest BCUT2D eigenvalue weighted by Gasteiger charge is 2.24. The third-order valence-electron chi connectivity index (χ3n) is 4.11. The van der Waals surface area contributed by atoms with Crippen LogP contribution in [0.25, 0.3) is 16.7 Å². The Morgan fingerprint density at radius 1 is 1.19 bits per heavy atom. The van der Waals surface area contributed by atoms with Gasteiger partial charge in [-0.15, -0.1) is 15.0 Å². The summed E-state index contributed by atoms with van der Waals surface area (Å²) in [5.74, 6) is 0.0779. The third-order valence-corrected chi connectivity index (χ3v) is 4.35. The number of fused-ring (bicyclic) bond motifs is 1. The van der Waals surface area contributed by atoms with Gasteiger partial charge in [-0.2, -0.15) is 0 Å². The summed E-state index contributed by atoms with van der Waals surface area (Å²) in [6.07, 6.45) is 1.02. The Morgan fingerprint density at radius 2 is 1.89 bits per heavy atom. The molecule has 0 saturated heterocycles. The molecule has 142 valence electrons. The molecule has 7 heteroatoms. The highest BCUT2D eigenvalue weighted by molar-refractivity contribution is 6.31. The molecule has 0 radical (unpaired) electrons. The number of aromatic nitrogens is 3. The van der Waals surface area contributed by atoms with E-state index in [9.17, 15) is 9.90 Å². The maximum Gasteiger partial charge on any atom is 0.311 e. The Hall–Kier alpha value is -2.60. The summed E-state index contributed by atoms with van der Waals surface area (Å²) in [5.41, 5.74) is 1.85. The molecule has 0 fully saturated rings. The molecule has 0 aliphatic carbocycles. The second-order valence-corrected chi connectivity index (χ2v) is 7.87. The topological polar surface area (TPSA) is 77.2 Å². The molecule has 0 bridgehead atoms. The van der Waals surface area contributed by atoms with E-state index in [0.29, 0.717) is 45.9 Å². The van der Waals surface area contributed by atoms with E-state index in [2.05, 4.69) is 10.2 Å². The van der Waals surface area contributed by atoms with Crippen molar-refractivity contribution >= 4 is 28.6 Å². The fourth-order valence-electron chi connectivity index (χ4n) is 2.76. The lowest BCUT2D eigenvalue weighted by molar-refractivity contribution is -0.134. The zero-order valence-electron chi connectivity index (χ0n) is 15.8. The monoisotopic (exact) mass is 387 g/mol. The molecule has 1 aromatic heterocycles. The summed E-state index contributed by atoms with van der Waals surface area (Å²) in [6.45, 7) is 7.82. The normalized spacial score (nSPS) is 11.7. The van der Waals surface area contributed by atoms with Gasteiger partial charge in [0, 0.05) is 23.1 Å². The zero-order valence-corrected chi connectivity index (χ0v) is 16.5. The van der Waals surface area contributed by atoms with E-state index >= 15 is 0 Å². The van der Waals surface area contributed by atoms with Gasteiger partial charge in [0.1, 0.15) is 28.2 Å². The van der Waals surface area contributed by atoms with Crippen molar-refractivity contribution < 1.29 is 14.6 Å². The van der Waals surface area contributed by atoms with Crippen LogP contribution in [0, 0.1) is 0 Å². The molecule has 0 spiro atoms. The Bertz CT molecular complexity index is 1010. The molecule has 1 heterocycles. The Labute approximate surface area is 162 Å². The predicted octanol–water partition coefficient (Wildman–Crippen LogP) is 4.78. The molecule has 0 amide bonds. The summed E-state index contributed by atoms with van der Waals surface area (Å²) in [4.78, 5) is 13.3. The van der Waals surface area contributed by atoms with Gasteiger partial charge < -0.3 is 9.84 Å². The maximum absolute atomic E-state index is 11.9. The molecule has 3 rings (SSSR count). The average Bonchev–Trinajstić information content (AvgIpc) is 2.98. The van der Waals surface area contributed by atoms with E-state index in [1.807, 2.05) is 27.7 Å². The molecule has 3 aromatic rings. The van der Waals surface area contributed by atoms with Crippen LogP contribution in [0.15, 0.2) is 30.3 Å². The van der Waals surface area contributed by atoms with Crippen LogP contribution in [0.1, 0.15) is 46.1 Å². The van der Waals surface area contributed by atoms with Gasteiger partial charge >= 0.3 is 5.97 Å². The Morgan fingerprint density at radius 3 is 2.56 bits per heavy atom. The molecule has 0 aliphatic rings. The number of hydrogen-bond acceptors (Lipinski definition) is 5. The van der Waals surface area contributed by atoms with Crippen molar-refractivity contribution in [1.29, 1.82) is 0 Å². The fraction of sp³-hybridized carbons (Fsp3) is 0.350. The lowest BCUT2D eigenvalue weighted by Gasteiger charge is -2.22. The molecule has 2 aromatic carbocycles. The Kier molecular flexibility index (Phi) is 5.11. The number of phenols is 1. The van der Waals surface area contributed by atoms with E-state index < -0.39 is 0 Å². The second kappa shape index (κ2) is 7.19. The SMILES string of the molecule is CCCC(=O)Oc1cc(-n2nc3ccc(Cl)cc3n2)c(O)c(C(C)(C)C)c1. The summed E-state index contributed by atoms with van der Waals surface area (Å²) >= 11 is 6.02. The summed E-state index contributed by atoms with van der Waals surface area (Å²) in [7, 11) is 0. The highest BCUT2D eigenvalue weighted by Crippen LogP contribution is 2.38. The number of phenolic OH excluding ortho intramolecular Hbond substituents is 1.